The summed E-state index contributed by atoms with van der Waals surface area (Å²) in [5, 5.41) is 0. The predicted molar refractivity (Wildman–Crippen MR) is 130 cm³/mol. The van der Waals surface area contributed by atoms with Crippen molar-refractivity contribution in [2.45, 2.75) is 47.2 Å². The molecule has 0 amide bonds. The monoisotopic (exact) mass is 455 g/mol. The Hall–Kier alpha value is -2.99. The van der Waals surface area contributed by atoms with E-state index in [0.29, 0.717) is 30.1 Å². The summed E-state index contributed by atoms with van der Waals surface area (Å²) in [6, 6.07) is 10.2. The number of halogens is 1. The zero-order chi connectivity index (χ0) is 22.3. The molecule has 0 aliphatic carbocycles. The molecule has 0 spiro atoms. The zero-order valence-corrected chi connectivity index (χ0v) is 20.3. The van der Waals surface area contributed by atoms with Crippen LogP contribution in [0, 0.1) is 20.8 Å². The number of benzene rings is 2. The number of aromatic nitrogens is 2. The van der Waals surface area contributed by atoms with Crippen LogP contribution < -0.4 is 20.7 Å². The number of fused-ring (bicyclic) bond motifs is 3. The molecule has 1 aliphatic heterocycles. The Morgan fingerprint density at radius 2 is 1.59 bits per heavy atom. The van der Waals surface area contributed by atoms with Crippen molar-refractivity contribution in [2.24, 2.45) is 4.99 Å². The van der Waals surface area contributed by atoms with Crippen molar-refractivity contribution in [2.75, 3.05) is 14.2 Å². The Balaban J connectivity index is 0.00000289. The third kappa shape index (κ3) is 3.95. The molecule has 170 valence electrons. The van der Waals surface area contributed by atoms with Crippen molar-refractivity contribution in [3.63, 3.8) is 0 Å². The van der Waals surface area contributed by atoms with Crippen molar-refractivity contribution in [3.05, 3.63) is 68.6 Å². The molecule has 0 bridgehead atoms. The number of rotatable bonds is 4. The van der Waals surface area contributed by atoms with Gasteiger partial charge < -0.3 is 9.47 Å². The Bertz CT molecular complexity index is 1280. The van der Waals surface area contributed by atoms with Crippen LogP contribution in [0.15, 0.2) is 40.1 Å². The van der Waals surface area contributed by atoms with Crippen LogP contribution >= 0.6 is 12.4 Å². The van der Waals surface area contributed by atoms with Crippen LogP contribution in [0.4, 0.5) is 5.69 Å². The highest BCUT2D eigenvalue weighted by Crippen LogP contribution is 2.37. The molecule has 2 aromatic carbocycles. The minimum absolute atomic E-state index is 0. The van der Waals surface area contributed by atoms with E-state index in [4.69, 9.17) is 14.5 Å². The predicted octanol–water partition coefficient (Wildman–Crippen LogP) is 4.49. The average Bonchev–Trinajstić information content (AvgIpc) is 2.75. The van der Waals surface area contributed by atoms with Crippen LogP contribution in [-0.4, -0.2) is 23.4 Å². The molecule has 1 aliphatic rings. The molecule has 0 atom stereocenters. The summed E-state index contributed by atoms with van der Waals surface area (Å²) in [6.45, 7) is 9.37. The number of nitrogens with zero attached hydrogens (tertiary/aromatic N) is 3. The van der Waals surface area contributed by atoms with Gasteiger partial charge in [-0.2, -0.15) is 0 Å². The summed E-state index contributed by atoms with van der Waals surface area (Å²) < 4.78 is 14.6. The molecule has 4 rings (SSSR count). The standard InChI is InChI=1S/C25H29N3O3.ClH/c1-7-27-23(26-24-16(3)10-15(2)11-17(24)4)14-20-19-13-22(31-6)21(30-5)12-18(19)8-9-28(20)25(27)29;/h10-14H,7-9H2,1-6H3;1H. The highest BCUT2D eigenvalue weighted by atomic mass is 35.5. The van der Waals surface area contributed by atoms with Crippen molar-refractivity contribution in [1.29, 1.82) is 0 Å². The van der Waals surface area contributed by atoms with Crippen molar-refractivity contribution in [1.82, 2.24) is 9.13 Å². The summed E-state index contributed by atoms with van der Waals surface area (Å²) in [7, 11) is 3.26. The number of ether oxygens (including phenoxy) is 2. The van der Waals surface area contributed by atoms with Crippen molar-refractivity contribution in [3.8, 4) is 22.8 Å². The highest BCUT2D eigenvalue weighted by Gasteiger charge is 2.22. The van der Waals surface area contributed by atoms with Crippen LogP contribution in [0.5, 0.6) is 11.5 Å². The maximum Gasteiger partial charge on any atom is 0.330 e. The van der Waals surface area contributed by atoms with E-state index in [2.05, 4.69) is 32.9 Å². The number of methoxy groups -OCH3 is 2. The maximum absolute atomic E-state index is 13.4. The summed E-state index contributed by atoms with van der Waals surface area (Å²) in [5.74, 6) is 1.35. The summed E-state index contributed by atoms with van der Waals surface area (Å²) in [4.78, 5) is 18.3. The lowest BCUT2D eigenvalue weighted by atomic mass is 9.97. The molecule has 7 heteroatoms. The van der Waals surface area contributed by atoms with Gasteiger partial charge in [-0.25, -0.2) is 9.79 Å². The first-order chi connectivity index (χ1) is 14.9. The Morgan fingerprint density at radius 1 is 0.969 bits per heavy atom. The second-order valence-electron chi connectivity index (χ2n) is 8.04. The van der Waals surface area contributed by atoms with E-state index in [-0.39, 0.29) is 18.1 Å². The minimum Gasteiger partial charge on any atom is -0.493 e. The van der Waals surface area contributed by atoms with E-state index in [0.717, 1.165) is 40.1 Å². The fraction of sp³-hybridized carbons (Fsp3) is 0.360. The van der Waals surface area contributed by atoms with Gasteiger partial charge in [-0.1, -0.05) is 17.7 Å². The van der Waals surface area contributed by atoms with Gasteiger partial charge in [-0.05, 0) is 62.9 Å². The lowest BCUT2D eigenvalue weighted by Gasteiger charge is -2.24. The molecular weight excluding hydrogens is 426 g/mol. The lowest BCUT2D eigenvalue weighted by molar-refractivity contribution is 0.354. The van der Waals surface area contributed by atoms with Crippen LogP contribution in [-0.2, 0) is 19.5 Å². The fourth-order valence-electron chi connectivity index (χ4n) is 4.52. The van der Waals surface area contributed by atoms with Gasteiger partial charge in [0.1, 0.15) is 5.49 Å². The van der Waals surface area contributed by atoms with Gasteiger partial charge in [0.15, 0.2) is 11.5 Å². The first kappa shape index (κ1) is 23.7. The van der Waals surface area contributed by atoms with E-state index < -0.39 is 0 Å². The first-order valence-corrected chi connectivity index (χ1v) is 10.6. The summed E-state index contributed by atoms with van der Waals surface area (Å²) in [5.41, 5.74) is 7.93. The first-order valence-electron chi connectivity index (χ1n) is 10.6. The maximum atomic E-state index is 13.4. The largest absolute Gasteiger partial charge is 0.493 e. The second-order valence-corrected chi connectivity index (χ2v) is 8.04. The Kier molecular flexibility index (Phi) is 6.84. The van der Waals surface area contributed by atoms with Crippen LogP contribution in [0.2, 0.25) is 0 Å². The van der Waals surface area contributed by atoms with Crippen molar-refractivity contribution >= 4 is 18.1 Å². The van der Waals surface area contributed by atoms with E-state index in [9.17, 15) is 4.79 Å². The Morgan fingerprint density at radius 3 is 2.19 bits per heavy atom. The molecule has 0 fully saturated rings. The number of hydrogen-bond acceptors (Lipinski definition) is 4. The SMILES string of the molecule is CCn1c(=Nc2c(C)cc(C)cc2C)cc2n(c1=O)CCc1cc(OC)c(OC)cc1-2.Cl. The zero-order valence-electron chi connectivity index (χ0n) is 19.5. The van der Waals surface area contributed by atoms with Gasteiger partial charge in [-0.3, -0.25) is 9.13 Å². The molecule has 0 N–H and O–H groups in total. The molecule has 0 unspecified atom stereocenters. The molecule has 2 heterocycles. The van der Waals surface area contributed by atoms with Crippen LogP contribution in [0.1, 0.15) is 29.2 Å². The molecule has 32 heavy (non-hydrogen) atoms. The molecular formula is C25H30ClN3O3. The van der Waals surface area contributed by atoms with Crippen molar-refractivity contribution < 1.29 is 9.47 Å². The molecule has 0 radical (unpaired) electrons. The summed E-state index contributed by atoms with van der Waals surface area (Å²) in [6.07, 6.45) is 0.763. The topological polar surface area (TPSA) is 57.8 Å². The van der Waals surface area contributed by atoms with Gasteiger partial charge in [0.05, 0.1) is 25.6 Å². The van der Waals surface area contributed by atoms with Gasteiger partial charge >= 0.3 is 5.69 Å². The Labute approximate surface area is 194 Å². The number of hydrogen-bond donors (Lipinski definition) is 0. The smallest absolute Gasteiger partial charge is 0.330 e. The lowest BCUT2D eigenvalue weighted by Crippen LogP contribution is -2.41. The van der Waals surface area contributed by atoms with E-state index >= 15 is 0 Å². The quantitative estimate of drug-likeness (QED) is 0.582. The average molecular weight is 456 g/mol. The normalized spacial score (nSPS) is 12.6. The third-order valence-electron chi connectivity index (χ3n) is 5.96. The molecule has 6 nitrogen and oxygen atoms in total. The van der Waals surface area contributed by atoms with E-state index in [1.807, 2.05) is 29.7 Å². The van der Waals surface area contributed by atoms with Gasteiger partial charge in [-0.15, -0.1) is 12.4 Å². The van der Waals surface area contributed by atoms with E-state index in [1.54, 1.807) is 18.8 Å². The summed E-state index contributed by atoms with van der Waals surface area (Å²) >= 11 is 0. The van der Waals surface area contributed by atoms with Gasteiger partial charge in [0, 0.05) is 24.7 Å². The fourth-order valence-corrected chi connectivity index (χ4v) is 4.52. The minimum atomic E-state index is -0.0402. The van der Waals surface area contributed by atoms with Gasteiger partial charge in [0.2, 0.25) is 0 Å². The molecule has 1 aromatic heterocycles. The molecule has 0 saturated heterocycles. The second kappa shape index (κ2) is 9.25. The highest BCUT2D eigenvalue weighted by molar-refractivity contribution is 5.85. The number of aryl methyl sites for hydroxylation is 4. The molecule has 0 saturated carbocycles. The van der Waals surface area contributed by atoms with Gasteiger partial charge in [0.25, 0.3) is 0 Å². The van der Waals surface area contributed by atoms with Crippen LogP contribution in [0.25, 0.3) is 11.3 Å². The third-order valence-corrected chi connectivity index (χ3v) is 5.96. The van der Waals surface area contributed by atoms with E-state index in [1.165, 1.54) is 5.56 Å². The molecule has 3 aromatic rings. The van der Waals surface area contributed by atoms with Crippen LogP contribution in [0.3, 0.4) is 0 Å².